The molecule has 0 aliphatic rings. The number of hydrogen-bond donors (Lipinski definition) is 1. The van der Waals surface area contributed by atoms with Gasteiger partial charge in [-0.2, -0.15) is 0 Å². The van der Waals surface area contributed by atoms with Crippen LogP contribution >= 0.6 is 11.3 Å². The molecule has 0 aliphatic heterocycles. The van der Waals surface area contributed by atoms with Crippen LogP contribution in [0.4, 0.5) is 0 Å². The maximum Gasteiger partial charge on any atom is 0.146 e. The largest absolute Gasteiger partial charge is 0.494 e. The molecule has 0 saturated carbocycles. The SMILES string of the molecule is CCC(C)c1ncc(-c2ncc(OC)c3cc[nH]c23)s1. The number of pyridine rings is 1. The van der Waals surface area contributed by atoms with E-state index in [1.165, 1.54) is 5.01 Å². The second kappa shape index (κ2) is 5.25. The topological polar surface area (TPSA) is 50.8 Å². The van der Waals surface area contributed by atoms with Crippen LogP contribution in [0.5, 0.6) is 5.75 Å². The zero-order chi connectivity index (χ0) is 14.1. The van der Waals surface area contributed by atoms with Crippen LogP contribution in [-0.2, 0) is 0 Å². The summed E-state index contributed by atoms with van der Waals surface area (Å²) in [5, 5.41) is 2.22. The van der Waals surface area contributed by atoms with Gasteiger partial charge in [0.2, 0.25) is 0 Å². The van der Waals surface area contributed by atoms with E-state index in [4.69, 9.17) is 4.74 Å². The van der Waals surface area contributed by atoms with Gasteiger partial charge in [0.25, 0.3) is 0 Å². The highest BCUT2D eigenvalue weighted by molar-refractivity contribution is 7.15. The molecule has 0 saturated heterocycles. The van der Waals surface area contributed by atoms with E-state index in [0.717, 1.165) is 33.6 Å². The number of aromatic nitrogens is 3. The summed E-state index contributed by atoms with van der Waals surface area (Å²) in [7, 11) is 1.66. The minimum atomic E-state index is 0.492. The summed E-state index contributed by atoms with van der Waals surface area (Å²) in [6.45, 7) is 4.38. The van der Waals surface area contributed by atoms with Crippen LogP contribution in [0.2, 0.25) is 0 Å². The summed E-state index contributed by atoms with van der Waals surface area (Å²) in [5.41, 5.74) is 1.95. The Bertz CT molecular complexity index is 732. The highest BCUT2D eigenvalue weighted by Gasteiger charge is 2.15. The predicted octanol–water partition coefficient (Wildman–Crippen LogP) is 4.21. The highest BCUT2D eigenvalue weighted by Crippen LogP contribution is 2.35. The molecular formula is C15H17N3OS. The fraction of sp³-hybridized carbons (Fsp3) is 0.333. The lowest BCUT2D eigenvalue weighted by Gasteiger charge is -2.04. The van der Waals surface area contributed by atoms with E-state index >= 15 is 0 Å². The van der Waals surface area contributed by atoms with Crippen molar-refractivity contribution in [2.75, 3.05) is 7.11 Å². The maximum atomic E-state index is 5.34. The standard InChI is InChI=1S/C15H17N3OS/c1-4-9(2)15-18-8-12(20-15)14-13-10(5-6-16-13)11(19-3)7-17-14/h5-9,16H,4H2,1-3H3. The summed E-state index contributed by atoms with van der Waals surface area (Å²) in [6.07, 6.45) is 6.70. The van der Waals surface area contributed by atoms with Gasteiger partial charge in [0.05, 0.1) is 28.7 Å². The number of thiazole rings is 1. The Morgan fingerprint density at radius 2 is 2.20 bits per heavy atom. The molecule has 0 amide bonds. The van der Waals surface area contributed by atoms with Crippen LogP contribution in [0.3, 0.4) is 0 Å². The molecule has 0 spiro atoms. The minimum absolute atomic E-state index is 0.492. The van der Waals surface area contributed by atoms with Crippen LogP contribution in [0.15, 0.2) is 24.7 Å². The summed E-state index contributed by atoms with van der Waals surface area (Å²) >= 11 is 1.72. The van der Waals surface area contributed by atoms with Crippen LogP contribution in [0, 0.1) is 0 Å². The molecule has 0 bridgehead atoms. The summed E-state index contributed by atoms with van der Waals surface area (Å²) < 4.78 is 5.34. The van der Waals surface area contributed by atoms with Crippen molar-refractivity contribution in [3.05, 3.63) is 29.7 Å². The predicted molar refractivity (Wildman–Crippen MR) is 82.5 cm³/mol. The van der Waals surface area contributed by atoms with Crippen LogP contribution in [0.1, 0.15) is 31.2 Å². The van der Waals surface area contributed by atoms with Gasteiger partial charge < -0.3 is 9.72 Å². The van der Waals surface area contributed by atoms with Crippen molar-refractivity contribution >= 4 is 22.2 Å². The van der Waals surface area contributed by atoms with E-state index in [0.29, 0.717) is 5.92 Å². The van der Waals surface area contributed by atoms with Crippen LogP contribution in [-0.4, -0.2) is 22.1 Å². The first kappa shape index (κ1) is 13.1. The van der Waals surface area contributed by atoms with Crippen LogP contribution in [0.25, 0.3) is 21.5 Å². The number of hydrogen-bond acceptors (Lipinski definition) is 4. The third-order valence-corrected chi connectivity index (χ3v) is 4.81. The van der Waals surface area contributed by atoms with Crippen molar-refractivity contribution in [1.29, 1.82) is 0 Å². The quantitative estimate of drug-likeness (QED) is 0.782. The van der Waals surface area contributed by atoms with Gasteiger partial charge in [-0.15, -0.1) is 11.3 Å². The van der Waals surface area contributed by atoms with Gasteiger partial charge in [-0.25, -0.2) is 9.97 Å². The molecule has 104 valence electrons. The minimum Gasteiger partial charge on any atom is -0.494 e. The number of nitrogens with one attached hydrogen (secondary N) is 1. The van der Waals surface area contributed by atoms with Gasteiger partial charge in [0, 0.05) is 23.7 Å². The molecule has 0 fully saturated rings. The van der Waals surface area contributed by atoms with Gasteiger partial charge in [-0.3, -0.25) is 0 Å². The molecule has 1 N–H and O–H groups in total. The Labute approximate surface area is 121 Å². The number of nitrogens with zero attached hydrogens (tertiary/aromatic N) is 2. The Morgan fingerprint density at radius 3 is 2.95 bits per heavy atom. The maximum absolute atomic E-state index is 5.34. The molecule has 1 atom stereocenters. The first-order chi connectivity index (χ1) is 9.74. The average molecular weight is 287 g/mol. The number of ether oxygens (including phenoxy) is 1. The average Bonchev–Trinajstić information content (AvgIpc) is 3.14. The molecule has 0 aliphatic carbocycles. The summed E-state index contributed by atoms with van der Waals surface area (Å²) in [4.78, 5) is 13.4. The van der Waals surface area contributed by atoms with E-state index in [2.05, 4.69) is 28.8 Å². The first-order valence-electron chi connectivity index (χ1n) is 6.70. The van der Waals surface area contributed by atoms with Gasteiger partial charge in [0.15, 0.2) is 0 Å². The normalized spacial score (nSPS) is 12.8. The van der Waals surface area contributed by atoms with Crippen LogP contribution < -0.4 is 4.74 Å². The second-order valence-corrected chi connectivity index (χ2v) is 5.88. The van der Waals surface area contributed by atoms with Gasteiger partial charge >= 0.3 is 0 Å². The summed E-state index contributed by atoms with van der Waals surface area (Å²) in [5.74, 6) is 1.28. The van der Waals surface area contributed by atoms with Crippen molar-refractivity contribution < 1.29 is 4.74 Å². The van der Waals surface area contributed by atoms with E-state index in [-0.39, 0.29) is 0 Å². The van der Waals surface area contributed by atoms with Crippen molar-refractivity contribution in [2.45, 2.75) is 26.2 Å². The Balaban J connectivity index is 2.10. The lowest BCUT2D eigenvalue weighted by Crippen LogP contribution is -1.88. The molecule has 20 heavy (non-hydrogen) atoms. The number of rotatable bonds is 4. The fourth-order valence-electron chi connectivity index (χ4n) is 2.18. The third kappa shape index (κ3) is 2.08. The Hall–Kier alpha value is -1.88. The number of H-pyrrole nitrogens is 1. The monoisotopic (exact) mass is 287 g/mol. The number of aromatic amines is 1. The van der Waals surface area contributed by atoms with E-state index in [9.17, 15) is 0 Å². The van der Waals surface area contributed by atoms with Gasteiger partial charge in [-0.1, -0.05) is 13.8 Å². The van der Waals surface area contributed by atoms with Crippen molar-refractivity contribution in [3.8, 4) is 16.3 Å². The lowest BCUT2D eigenvalue weighted by molar-refractivity contribution is 0.418. The number of fused-ring (bicyclic) bond motifs is 1. The molecule has 0 aromatic carbocycles. The molecule has 4 nitrogen and oxygen atoms in total. The fourth-order valence-corrected chi connectivity index (χ4v) is 3.23. The molecule has 3 rings (SSSR count). The number of methoxy groups -OCH3 is 1. The van der Waals surface area contributed by atoms with E-state index < -0.39 is 0 Å². The molecule has 3 aromatic heterocycles. The van der Waals surface area contributed by atoms with E-state index in [1.54, 1.807) is 24.6 Å². The van der Waals surface area contributed by atoms with E-state index in [1.807, 2.05) is 18.5 Å². The zero-order valence-electron chi connectivity index (χ0n) is 11.8. The molecule has 5 heteroatoms. The molecule has 0 radical (unpaired) electrons. The highest BCUT2D eigenvalue weighted by atomic mass is 32.1. The third-order valence-electron chi connectivity index (χ3n) is 3.57. The smallest absolute Gasteiger partial charge is 0.146 e. The van der Waals surface area contributed by atoms with Crippen molar-refractivity contribution in [3.63, 3.8) is 0 Å². The van der Waals surface area contributed by atoms with Gasteiger partial charge in [0.1, 0.15) is 11.4 Å². The Kier molecular flexibility index (Phi) is 3.44. The van der Waals surface area contributed by atoms with Gasteiger partial charge in [-0.05, 0) is 12.5 Å². The molecule has 3 heterocycles. The second-order valence-electron chi connectivity index (χ2n) is 4.81. The molecule has 3 aromatic rings. The molecular weight excluding hydrogens is 270 g/mol. The summed E-state index contributed by atoms with van der Waals surface area (Å²) in [6, 6.07) is 2.01. The van der Waals surface area contributed by atoms with Crippen molar-refractivity contribution in [2.24, 2.45) is 0 Å². The Morgan fingerprint density at radius 1 is 1.35 bits per heavy atom. The van der Waals surface area contributed by atoms with Crippen molar-refractivity contribution in [1.82, 2.24) is 15.0 Å². The molecule has 1 unspecified atom stereocenters. The zero-order valence-corrected chi connectivity index (χ0v) is 12.6. The first-order valence-corrected chi connectivity index (χ1v) is 7.52. The lowest BCUT2D eigenvalue weighted by atomic mass is 10.1.